The van der Waals surface area contributed by atoms with Gasteiger partial charge in [-0.05, 0) is 38.7 Å². The van der Waals surface area contributed by atoms with E-state index in [0.717, 1.165) is 35.4 Å². The largest absolute Gasteiger partial charge is 0.455 e. The lowest BCUT2D eigenvalue weighted by molar-refractivity contribution is -0.146. The maximum atomic E-state index is 12.3. The molecule has 9 nitrogen and oxygen atoms in total. The zero-order valence-electron chi connectivity index (χ0n) is 16.0. The molecule has 4 rings (SSSR count). The van der Waals surface area contributed by atoms with Crippen LogP contribution < -0.4 is 5.32 Å². The highest BCUT2D eigenvalue weighted by Crippen LogP contribution is 2.38. The van der Waals surface area contributed by atoms with E-state index < -0.39 is 18.5 Å². The molecule has 0 aliphatic heterocycles. The number of nitrogens with zero attached hydrogens (tertiary/aromatic N) is 5. The Kier molecular flexibility index (Phi) is 4.98. The minimum absolute atomic E-state index is 0.0233. The number of carbonyl (C=O) groups is 2. The average Bonchev–Trinajstić information content (AvgIpc) is 3.39. The van der Waals surface area contributed by atoms with Gasteiger partial charge in [0.05, 0.1) is 12.0 Å². The number of aryl methyl sites for hydroxylation is 3. The highest BCUT2D eigenvalue weighted by atomic mass is 32.1. The van der Waals surface area contributed by atoms with E-state index >= 15 is 0 Å². The zero-order chi connectivity index (χ0) is 20.5. The number of thiophene rings is 1. The molecule has 0 bridgehead atoms. The molecule has 29 heavy (non-hydrogen) atoms. The normalized spacial score (nSPS) is 12.6. The van der Waals surface area contributed by atoms with Crippen LogP contribution in [-0.2, 0) is 33.6 Å². The molecule has 0 atom stereocenters. The number of aromatic nitrogens is 4. The van der Waals surface area contributed by atoms with E-state index in [-0.39, 0.29) is 6.42 Å². The molecule has 3 heterocycles. The molecule has 0 spiro atoms. The van der Waals surface area contributed by atoms with Crippen LogP contribution in [0, 0.1) is 25.2 Å². The number of hydrogen-bond acceptors (Lipinski definition) is 8. The number of fused-ring (bicyclic) bond motifs is 2. The van der Waals surface area contributed by atoms with Gasteiger partial charge in [0.15, 0.2) is 6.61 Å². The van der Waals surface area contributed by atoms with Gasteiger partial charge in [0, 0.05) is 21.8 Å². The Bertz CT molecular complexity index is 1170. The highest BCUT2D eigenvalue weighted by Gasteiger charge is 2.23. The summed E-state index contributed by atoms with van der Waals surface area (Å²) >= 11 is 1.43. The van der Waals surface area contributed by atoms with Crippen LogP contribution in [0.15, 0.2) is 6.33 Å². The van der Waals surface area contributed by atoms with Gasteiger partial charge >= 0.3 is 5.97 Å². The Labute approximate surface area is 170 Å². The Hall–Kier alpha value is -3.32. The van der Waals surface area contributed by atoms with Crippen LogP contribution in [-0.4, -0.2) is 38.1 Å². The molecule has 1 amide bonds. The van der Waals surface area contributed by atoms with Gasteiger partial charge in [0.2, 0.25) is 0 Å². The van der Waals surface area contributed by atoms with Gasteiger partial charge < -0.3 is 10.1 Å². The van der Waals surface area contributed by atoms with Crippen LogP contribution in [0.4, 0.5) is 5.00 Å². The lowest BCUT2D eigenvalue weighted by atomic mass is 10.1. The number of nitrogens with one attached hydrogen (secondary N) is 1. The van der Waals surface area contributed by atoms with E-state index in [9.17, 15) is 14.9 Å². The number of esters is 1. The summed E-state index contributed by atoms with van der Waals surface area (Å²) in [5, 5.41) is 16.7. The smallest absolute Gasteiger partial charge is 0.310 e. The molecule has 1 N–H and O–H groups in total. The van der Waals surface area contributed by atoms with Gasteiger partial charge in [-0.15, -0.1) is 11.3 Å². The first kappa shape index (κ1) is 19.0. The number of carbonyl (C=O) groups excluding carboxylic acids is 2. The van der Waals surface area contributed by atoms with Crippen LogP contribution in [0.1, 0.15) is 39.4 Å². The van der Waals surface area contributed by atoms with Gasteiger partial charge in [-0.25, -0.2) is 9.50 Å². The molecule has 148 valence electrons. The van der Waals surface area contributed by atoms with Crippen molar-refractivity contribution in [2.45, 2.75) is 39.5 Å². The van der Waals surface area contributed by atoms with Crippen molar-refractivity contribution in [3.8, 4) is 6.07 Å². The summed E-state index contributed by atoms with van der Waals surface area (Å²) in [5.74, 6) is -0.539. The number of rotatable bonds is 5. The van der Waals surface area contributed by atoms with E-state index in [1.165, 1.54) is 17.7 Å². The van der Waals surface area contributed by atoms with Crippen molar-refractivity contribution in [1.29, 1.82) is 5.26 Å². The number of anilines is 1. The van der Waals surface area contributed by atoms with E-state index in [1.807, 2.05) is 6.92 Å². The van der Waals surface area contributed by atoms with Crippen LogP contribution >= 0.6 is 11.3 Å². The predicted molar refractivity (Wildman–Crippen MR) is 105 cm³/mol. The summed E-state index contributed by atoms with van der Waals surface area (Å²) in [5.41, 5.74) is 3.66. The van der Waals surface area contributed by atoms with Crippen molar-refractivity contribution in [1.82, 2.24) is 19.6 Å². The molecule has 0 unspecified atom stereocenters. The van der Waals surface area contributed by atoms with Gasteiger partial charge in [-0.2, -0.15) is 15.3 Å². The Morgan fingerprint density at radius 1 is 1.38 bits per heavy atom. The lowest BCUT2D eigenvalue weighted by Crippen LogP contribution is -2.22. The van der Waals surface area contributed by atoms with Crippen LogP contribution in [0.25, 0.3) is 5.78 Å². The first-order valence-electron chi connectivity index (χ1n) is 9.14. The van der Waals surface area contributed by atoms with Crippen LogP contribution in [0.3, 0.4) is 0 Å². The molecule has 0 radical (unpaired) electrons. The SMILES string of the molecule is Cc1nc2ncnn2c(C)c1CC(=O)OCC(=O)Nc1sc2c(c1C#N)CCC2. The zero-order valence-corrected chi connectivity index (χ0v) is 16.8. The van der Waals surface area contributed by atoms with Crippen LogP contribution in [0.2, 0.25) is 0 Å². The number of nitriles is 1. The highest BCUT2D eigenvalue weighted by molar-refractivity contribution is 7.16. The first-order chi connectivity index (χ1) is 14.0. The Morgan fingerprint density at radius 3 is 3.00 bits per heavy atom. The fourth-order valence-corrected chi connectivity index (χ4v) is 4.78. The Morgan fingerprint density at radius 2 is 2.21 bits per heavy atom. The third kappa shape index (κ3) is 3.56. The fourth-order valence-electron chi connectivity index (χ4n) is 3.53. The van der Waals surface area contributed by atoms with Crippen LogP contribution in [0.5, 0.6) is 0 Å². The lowest BCUT2D eigenvalue weighted by Gasteiger charge is -2.10. The minimum atomic E-state index is -0.540. The summed E-state index contributed by atoms with van der Waals surface area (Å²) in [7, 11) is 0. The summed E-state index contributed by atoms with van der Waals surface area (Å²) in [4.78, 5) is 34.0. The number of amides is 1. The van der Waals surface area contributed by atoms with Crippen molar-refractivity contribution in [3.05, 3.63) is 39.3 Å². The molecule has 0 saturated heterocycles. The second kappa shape index (κ2) is 7.60. The van der Waals surface area contributed by atoms with Crippen molar-refractivity contribution in [3.63, 3.8) is 0 Å². The molecule has 10 heteroatoms. The molecule has 3 aromatic rings. The van der Waals surface area contributed by atoms with Crippen molar-refractivity contribution >= 4 is 34.0 Å². The van der Waals surface area contributed by atoms with Gasteiger partial charge in [-0.3, -0.25) is 9.59 Å². The van der Waals surface area contributed by atoms with Crippen molar-refractivity contribution < 1.29 is 14.3 Å². The maximum Gasteiger partial charge on any atom is 0.310 e. The topological polar surface area (TPSA) is 122 Å². The van der Waals surface area contributed by atoms with Crippen molar-refractivity contribution in [2.75, 3.05) is 11.9 Å². The molecular formula is C19H18N6O3S. The average molecular weight is 410 g/mol. The predicted octanol–water partition coefficient (Wildman–Crippen LogP) is 1.89. The number of ether oxygens (including phenoxy) is 1. The van der Waals surface area contributed by atoms with Crippen molar-refractivity contribution in [2.24, 2.45) is 0 Å². The van der Waals surface area contributed by atoms with Gasteiger partial charge in [0.25, 0.3) is 11.7 Å². The third-order valence-electron chi connectivity index (χ3n) is 4.96. The quantitative estimate of drug-likeness (QED) is 0.637. The van der Waals surface area contributed by atoms with Gasteiger partial charge in [0.1, 0.15) is 17.4 Å². The summed E-state index contributed by atoms with van der Waals surface area (Å²) in [6.45, 7) is 3.20. The molecule has 0 saturated carbocycles. The Balaban J connectivity index is 1.38. The van der Waals surface area contributed by atoms with E-state index in [0.29, 0.717) is 27.6 Å². The monoisotopic (exact) mass is 410 g/mol. The van der Waals surface area contributed by atoms with Gasteiger partial charge in [-0.1, -0.05) is 0 Å². The third-order valence-corrected chi connectivity index (χ3v) is 6.17. The first-order valence-corrected chi connectivity index (χ1v) is 9.95. The summed E-state index contributed by atoms with van der Waals surface area (Å²) < 4.78 is 6.69. The minimum Gasteiger partial charge on any atom is -0.455 e. The molecule has 0 fully saturated rings. The molecule has 3 aromatic heterocycles. The fraction of sp³-hybridized carbons (Fsp3) is 0.368. The molecule has 1 aliphatic rings. The second-order valence-corrected chi connectivity index (χ2v) is 7.90. The summed E-state index contributed by atoms with van der Waals surface area (Å²) in [6.07, 6.45) is 4.21. The second-order valence-electron chi connectivity index (χ2n) is 6.79. The summed E-state index contributed by atoms with van der Waals surface area (Å²) in [6, 6.07) is 2.17. The molecule has 0 aromatic carbocycles. The van der Waals surface area contributed by atoms with E-state index in [2.05, 4.69) is 26.5 Å². The maximum absolute atomic E-state index is 12.3. The van der Waals surface area contributed by atoms with E-state index in [1.54, 1.807) is 11.4 Å². The standard InChI is InChI=1S/C19H18N6O3S/c1-10-13(11(2)25-19(23-10)21-9-22-25)6-17(27)28-8-16(26)24-18-14(7-20)12-4-3-5-15(12)29-18/h9H,3-6,8H2,1-2H3,(H,24,26). The number of hydrogen-bond donors (Lipinski definition) is 1. The molecular weight excluding hydrogens is 392 g/mol. The van der Waals surface area contributed by atoms with E-state index in [4.69, 9.17) is 4.74 Å². The molecule has 1 aliphatic carbocycles.